The molecule has 0 radical (unpaired) electrons. The van der Waals surface area contributed by atoms with Crippen LogP contribution < -0.4 is 5.32 Å². The van der Waals surface area contributed by atoms with Gasteiger partial charge in [0.1, 0.15) is 18.2 Å². The third-order valence-corrected chi connectivity index (χ3v) is 13.9. The molecule has 49 heavy (non-hydrogen) atoms. The first-order valence-electron chi connectivity index (χ1n) is 18.1. The number of carbonyl (C=O) groups is 5. The highest BCUT2D eigenvalue weighted by molar-refractivity contribution is 6.00. The van der Waals surface area contributed by atoms with E-state index in [1.54, 1.807) is 27.7 Å². The van der Waals surface area contributed by atoms with Crippen LogP contribution in [0.4, 0.5) is 4.79 Å². The molecule has 10 heteroatoms. The molecule has 5 aliphatic carbocycles. The molecule has 4 saturated carbocycles. The van der Waals surface area contributed by atoms with Gasteiger partial charge in [-0.2, -0.15) is 0 Å². The highest BCUT2D eigenvalue weighted by Gasteiger charge is 2.81. The predicted octanol–water partition coefficient (Wildman–Crippen LogP) is 5.75. The van der Waals surface area contributed by atoms with Crippen LogP contribution in [0.1, 0.15) is 101 Å². The molecule has 5 aliphatic rings. The fraction of sp³-hybridized carbons (Fsp3) is 0.769. The van der Waals surface area contributed by atoms with E-state index in [2.05, 4.69) is 38.7 Å². The van der Waals surface area contributed by atoms with Crippen molar-refractivity contribution in [3.63, 3.8) is 0 Å². The number of aliphatic hydroxyl groups is 1. The van der Waals surface area contributed by atoms with E-state index in [0.717, 1.165) is 32.1 Å². The standard InChI is InChI=1S/C39H57NO9/c1-21(19-41)22(2)32(45)33(48-30(44)18-40-34(46)49-35(6,7)8)24(4)31-28(47-25(5)42)17-37(10)29-12-11-26-23(3)27(43)13-14-38(26)20-39(29,38)16-15-36(31,37)9/h13-14,21,23-24,26,28-29,31,33,41H,2,11-12,15-20H2,1,3-10H3,(H,40,46)/t21-,23-,24-,26-,28-,29-,31-,33+,36+,37-,38+,39-/m0/s1. The molecule has 4 fully saturated rings. The topological polar surface area (TPSA) is 145 Å². The zero-order valence-electron chi connectivity index (χ0n) is 30.9. The molecule has 0 aromatic carbocycles. The summed E-state index contributed by atoms with van der Waals surface area (Å²) in [5.41, 5.74) is -1.19. The van der Waals surface area contributed by atoms with E-state index in [-0.39, 0.29) is 51.5 Å². The second-order valence-corrected chi connectivity index (χ2v) is 17.4. The number of alkyl carbamates (subject to hydrolysis) is 1. The molecule has 0 unspecified atom stereocenters. The zero-order valence-corrected chi connectivity index (χ0v) is 30.9. The average Bonchev–Trinajstić information content (AvgIpc) is 3.62. The van der Waals surface area contributed by atoms with E-state index in [1.165, 1.54) is 6.92 Å². The summed E-state index contributed by atoms with van der Waals surface area (Å²) in [5.74, 6) is -2.33. The maximum absolute atomic E-state index is 14.1. The van der Waals surface area contributed by atoms with Gasteiger partial charge in [0.2, 0.25) is 0 Å². The highest BCUT2D eigenvalue weighted by Crippen LogP contribution is 2.87. The van der Waals surface area contributed by atoms with E-state index in [9.17, 15) is 29.1 Å². The van der Waals surface area contributed by atoms with Crippen molar-refractivity contribution in [1.29, 1.82) is 0 Å². The van der Waals surface area contributed by atoms with Crippen molar-refractivity contribution in [1.82, 2.24) is 5.32 Å². The van der Waals surface area contributed by atoms with Crippen LogP contribution in [0, 0.1) is 57.2 Å². The fourth-order valence-electron chi connectivity index (χ4n) is 11.4. The van der Waals surface area contributed by atoms with Crippen LogP contribution in [0.5, 0.6) is 0 Å². The monoisotopic (exact) mass is 683 g/mol. The molecule has 0 saturated heterocycles. The molecule has 0 bridgehead atoms. The lowest BCUT2D eigenvalue weighted by atomic mass is 9.43. The summed E-state index contributed by atoms with van der Waals surface area (Å²) in [4.78, 5) is 65.1. The Morgan fingerprint density at radius 3 is 2.39 bits per heavy atom. The number of fused-ring (bicyclic) bond motifs is 2. The highest BCUT2D eigenvalue weighted by atomic mass is 16.6. The van der Waals surface area contributed by atoms with Gasteiger partial charge in [-0.15, -0.1) is 0 Å². The first-order chi connectivity index (χ1) is 22.7. The Kier molecular flexibility index (Phi) is 9.61. The minimum Gasteiger partial charge on any atom is -0.462 e. The number of carbonyl (C=O) groups excluding carboxylic acids is 5. The Morgan fingerprint density at radius 1 is 1.10 bits per heavy atom. The fourth-order valence-corrected chi connectivity index (χ4v) is 11.4. The minimum atomic E-state index is -1.29. The summed E-state index contributed by atoms with van der Waals surface area (Å²) in [5, 5.41) is 12.3. The molecule has 12 atom stereocenters. The van der Waals surface area contributed by atoms with Crippen molar-refractivity contribution in [2.24, 2.45) is 57.2 Å². The summed E-state index contributed by atoms with van der Waals surface area (Å²) in [6.07, 6.45) is 6.88. The van der Waals surface area contributed by atoms with Crippen molar-refractivity contribution in [2.45, 2.75) is 119 Å². The molecule has 0 aliphatic heterocycles. The number of hydrogen-bond acceptors (Lipinski definition) is 9. The number of allylic oxidation sites excluding steroid dienone is 2. The second kappa shape index (κ2) is 12.6. The summed E-state index contributed by atoms with van der Waals surface area (Å²) < 4.78 is 17.3. The maximum atomic E-state index is 14.1. The molecule has 10 nitrogen and oxygen atoms in total. The van der Waals surface area contributed by atoms with Crippen molar-refractivity contribution in [3.8, 4) is 0 Å². The molecule has 0 aromatic rings. The molecule has 5 rings (SSSR count). The Balaban J connectivity index is 1.48. The van der Waals surface area contributed by atoms with Gasteiger partial charge in [-0.05, 0) is 104 Å². The number of amides is 1. The third kappa shape index (κ3) is 5.97. The van der Waals surface area contributed by atoms with Gasteiger partial charge in [-0.25, -0.2) is 4.79 Å². The van der Waals surface area contributed by atoms with E-state index in [0.29, 0.717) is 18.3 Å². The van der Waals surface area contributed by atoms with Crippen molar-refractivity contribution in [3.05, 3.63) is 24.3 Å². The molecule has 272 valence electrons. The quantitative estimate of drug-likeness (QED) is 0.167. The van der Waals surface area contributed by atoms with Gasteiger partial charge in [0, 0.05) is 37.2 Å². The number of hydrogen-bond donors (Lipinski definition) is 2. The van der Waals surface area contributed by atoms with Crippen LogP contribution in [0.2, 0.25) is 0 Å². The van der Waals surface area contributed by atoms with Crippen molar-refractivity contribution < 1.29 is 43.3 Å². The number of nitrogens with one attached hydrogen (secondary N) is 1. The maximum Gasteiger partial charge on any atom is 0.408 e. The third-order valence-electron chi connectivity index (χ3n) is 13.9. The van der Waals surface area contributed by atoms with E-state index < -0.39 is 60.0 Å². The Labute approximate surface area is 291 Å². The summed E-state index contributed by atoms with van der Waals surface area (Å²) in [7, 11) is 0. The van der Waals surface area contributed by atoms with Crippen LogP contribution >= 0.6 is 0 Å². The summed E-state index contributed by atoms with van der Waals surface area (Å²) >= 11 is 0. The number of esters is 2. The normalized spacial score (nSPS) is 39.1. The number of aliphatic hydroxyl groups excluding tert-OH is 1. The van der Waals surface area contributed by atoms with Gasteiger partial charge in [0.25, 0.3) is 0 Å². The van der Waals surface area contributed by atoms with Crippen LogP contribution in [0.15, 0.2) is 24.3 Å². The predicted molar refractivity (Wildman–Crippen MR) is 182 cm³/mol. The molecule has 0 aromatic heterocycles. The number of rotatable bonds is 10. The lowest BCUT2D eigenvalue weighted by molar-refractivity contribution is -0.167. The molecular weight excluding hydrogens is 626 g/mol. The Morgan fingerprint density at radius 2 is 1.78 bits per heavy atom. The Hall–Kier alpha value is -3.01. The number of Topliss-reactive ketones (excluding diaryl/α,β-unsaturated/α-hetero) is 1. The first kappa shape index (κ1) is 37.3. The van der Waals surface area contributed by atoms with Crippen molar-refractivity contribution >= 4 is 29.6 Å². The second-order valence-electron chi connectivity index (χ2n) is 17.4. The summed E-state index contributed by atoms with van der Waals surface area (Å²) in [6, 6.07) is 0. The lowest BCUT2D eigenvalue weighted by Gasteiger charge is -2.61. The van der Waals surface area contributed by atoms with Crippen LogP contribution in [-0.2, 0) is 33.4 Å². The molecule has 1 amide bonds. The average molecular weight is 684 g/mol. The summed E-state index contributed by atoms with van der Waals surface area (Å²) in [6.45, 7) is 19.9. The lowest BCUT2D eigenvalue weighted by Crippen LogP contribution is -2.56. The molecular formula is C39H57NO9. The van der Waals surface area contributed by atoms with Gasteiger partial charge >= 0.3 is 18.0 Å². The smallest absolute Gasteiger partial charge is 0.408 e. The number of ether oxygens (including phenoxy) is 3. The van der Waals surface area contributed by atoms with E-state index in [1.807, 2.05) is 13.0 Å². The largest absolute Gasteiger partial charge is 0.462 e. The molecule has 2 spiro atoms. The SMILES string of the molecule is C=C(C(=O)[C@H](OC(=O)CNC(=O)OC(C)(C)C)[C@@H](C)[C@H]1[C@@H](OC(C)=O)C[C@@]2(C)[C@@H]3CC[C@H]4[C@H](C)C(=O)C=C[C@@]45C[C@@]35CC[C@]12C)[C@@H](C)CO. The van der Waals surface area contributed by atoms with Gasteiger partial charge in [0.15, 0.2) is 17.7 Å². The van der Waals surface area contributed by atoms with E-state index in [4.69, 9.17) is 14.2 Å². The molecule has 2 N–H and O–H groups in total. The van der Waals surface area contributed by atoms with E-state index >= 15 is 0 Å². The van der Waals surface area contributed by atoms with Gasteiger partial charge in [0.05, 0.1) is 0 Å². The zero-order chi connectivity index (χ0) is 36.5. The van der Waals surface area contributed by atoms with Gasteiger partial charge < -0.3 is 24.6 Å². The first-order valence-corrected chi connectivity index (χ1v) is 18.1. The van der Waals surface area contributed by atoms with Gasteiger partial charge in [-0.1, -0.05) is 47.3 Å². The molecule has 0 heterocycles. The number of ketones is 2. The van der Waals surface area contributed by atoms with Crippen LogP contribution in [0.25, 0.3) is 0 Å². The van der Waals surface area contributed by atoms with Crippen molar-refractivity contribution in [2.75, 3.05) is 13.2 Å². The minimum absolute atomic E-state index is 0.0114. The van der Waals surface area contributed by atoms with Crippen LogP contribution in [0.3, 0.4) is 0 Å². The van der Waals surface area contributed by atoms with Crippen LogP contribution in [-0.4, -0.2) is 65.7 Å². The Bertz CT molecular complexity index is 1450. The van der Waals surface area contributed by atoms with Gasteiger partial charge in [-0.3, -0.25) is 19.2 Å².